The van der Waals surface area contributed by atoms with Crippen molar-refractivity contribution in [2.75, 3.05) is 13.2 Å². The van der Waals surface area contributed by atoms with Gasteiger partial charge in [-0.15, -0.1) is 0 Å². The highest BCUT2D eigenvalue weighted by atomic mass is 16.6. The summed E-state index contributed by atoms with van der Waals surface area (Å²) in [6, 6.07) is 0. The van der Waals surface area contributed by atoms with E-state index in [1.807, 2.05) is 0 Å². The van der Waals surface area contributed by atoms with E-state index < -0.39 is 6.10 Å². The summed E-state index contributed by atoms with van der Waals surface area (Å²) in [5, 5.41) is 9.63. The normalized spacial score (nSPS) is 12.2. The maximum absolute atomic E-state index is 12.3. The van der Waals surface area contributed by atoms with Crippen molar-refractivity contribution in [2.24, 2.45) is 0 Å². The van der Waals surface area contributed by atoms with Crippen molar-refractivity contribution in [1.29, 1.82) is 0 Å². The second-order valence-electron chi connectivity index (χ2n) is 18.3. The van der Waals surface area contributed by atoms with Crippen LogP contribution < -0.4 is 0 Å². The Labute approximate surface area is 374 Å². The second-order valence-corrected chi connectivity index (χ2v) is 18.3. The molecular weight excluding hydrogens is 741 g/mol. The Morgan fingerprint density at radius 3 is 1.02 bits per heavy atom. The molecule has 0 aliphatic carbocycles. The molecule has 5 nitrogen and oxygen atoms in total. The van der Waals surface area contributed by atoms with E-state index in [-0.39, 0.29) is 25.2 Å². The lowest BCUT2D eigenvalue weighted by Crippen LogP contribution is -2.28. The van der Waals surface area contributed by atoms with Crippen molar-refractivity contribution in [3.8, 4) is 0 Å². The lowest BCUT2D eigenvalue weighted by molar-refractivity contribution is -0.161. The van der Waals surface area contributed by atoms with E-state index in [1.54, 1.807) is 0 Å². The van der Waals surface area contributed by atoms with Crippen LogP contribution >= 0.6 is 0 Å². The lowest BCUT2D eigenvalue weighted by Gasteiger charge is -2.15. The Morgan fingerprint density at radius 2 is 0.667 bits per heavy atom. The van der Waals surface area contributed by atoms with Crippen LogP contribution in [0.5, 0.6) is 0 Å². The third kappa shape index (κ3) is 49.0. The van der Waals surface area contributed by atoms with Crippen molar-refractivity contribution < 1.29 is 24.2 Å². The maximum atomic E-state index is 12.3. The van der Waals surface area contributed by atoms with Crippen molar-refractivity contribution >= 4 is 11.9 Å². The molecule has 0 rings (SSSR count). The first kappa shape index (κ1) is 58.4. The molecule has 0 bridgehead atoms. The quantitative estimate of drug-likeness (QED) is 0.0375. The van der Waals surface area contributed by atoms with Gasteiger partial charge in [0.25, 0.3) is 0 Å². The number of allylic oxidation sites excluding steroid dienone is 4. The van der Waals surface area contributed by atoms with Gasteiger partial charge in [-0.2, -0.15) is 0 Å². The number of hydrogen-bond donors (Lipinski definition) is 1. The topological polar surface area (TPSA) is 72.8 Å². The predicted octanol–water partition coefficient (Wildman–Crippen LogP) is 17.8. The van der Waals surface area contributed by atoms with Crippen molar-refractivity contribution in [3.63, 3.8) is 0 Å². The van der Waals surface area contributed by atoms with Crippen LogP contribution in [-0.4, -0.2) is 36.4 Å². The number of aliphatic hydroxyl groups excluding tert-OH is 1. The average molecular weight is 845 g/mol. The number of esters is 2. The molecule has 0 saturated carbocycles. The average Bonchev–Trinajstić information content (AvgIpc) is 3.25. The van der Waals surface area contributed by atoms with Crippen LogP contribution in [0.15, 0.2) is 24.3 Å². The Kier molecular flexibility index (Phi) is 50.3. The zero-order valence-electron chi connectivity index (χ0n) is 40.5. The molecule has 354 valence electrons. The first-order chi connectivity index (χ1) is 29.6. The van der Waals surface area contributed by atoms with Crippen molar-refractivity contribution in [2.45, 2.75) is 302 Å². The fourth-order valence-electron chi connectivity index (χ4n) is 8.18. The minimum absolute atomic E-state index is 0.0621. The number of aliphatic hydroxyl groups is 1. The molecule has 1 unspecified atom stereocenters. The standard InChI is InChI=1S/C55H104O5/c1-3-5-7-9-11-13-15-17-19-21-23-24-25-26-27-28-29-30-32-33-35-37-39-41-43-45-47-49-54(57)59-52-53(51-56)60-55(58)50-48-46-44-42-40-38-36-34-31-22-20-18-16-14-12-10-8-6-4-2/h12,14,18,20,53,56H,3-11,13,15-17,19,21-52H2,1-2H3/b14-12-,20-18-. The Balaban J connectivity index is 3.43. The molecule has 0 aliphatic rings. The van der Waals surface area contributed by atoms with Gasteiger partial charge >= 0.3 is 11.9 Å². The number of rotatable bonds is 50. The Hall–Kier alpha value is -1.62. The van der Waals surface area contributed by atoms with Gasteiger partial charge in [0, 0.05) is 12.8 Å². The summed E-state index contributed by atoms with van der Waals surface area (Å²) in [4.78, 5) is 24.5. The van der Waals surface area contributed by atoms with Crippen LogP contribution in [0.25, 0.3) is 0 Å². The van der Waals surface area contributed by atoms with Crippen LogP contribution in [0.1, 0.15) is 296 Å². The van der Waals surface area contributed by atoms with Gasteiger partial charge in [-0.1, -0.05) is 263 Å². The van der Waals surface area contributed by atoms with Crippen LogP contribution in [-0.2, 0) is 19.1 Å². The van der Waals surface area contributed by atoms with Gasteiger partial charge in [0.1, 0.15) is 6.61 Å². The number of unbranched alkanes of at least 4 members (excludes halogenated alkanes) is 38. The summed E-state index contributed by atoms with van der Waals surface area (Å²) in [6.45, 7) is 4.16. The highest BCUT2D eigenvalue weighted by molar-refractivity contribution is 5.70. The van der Waals surface area contributed by atoms with Crippen LogP contribution in [0.4, 0.5) is 0 Å². The summed E-state index contributed by atoms with van der Waals surface area (Å²) in [5.74, 6) is -0.579. The molecule has 0 aromatic heterocycles. The fraction of sp³-hybridized carbons (Fsp3) is 0.891. The molecule has 0 amide bonds. The Morgan fingerprint density at radius 1 is 0.383 bits per heavy atom. The Bertz CT molecular complexity index is 913. The highest BCUT2D eigenvalue weighted by Crippen LogP contribution is 2.17. The molecule has 1 atom stereocenters. The van der Waals surface area contributed by atoms with Gasteiger partial charge in [0.05, 0.1) is 6.61 Å². The summed E-state index contributed by atoms with van der Waals surface area (Å²) in [5.41, 5.74) is 0. The fourth-order valence-corrected chi connectivity index (χ4v) is 8.18. The van der Waals surface area contributed by atoms with E-state index >= 15 is 0 Å². The van der Waals surface area contributed by atoms with Crippen LogP contribution in [0, 0.1) is 0 Å². The lowest BCUT2D eigenvalue weighted by atomic mass is 10.0. The third-order valence-corrected chi connectivity index (χ3v) is 12.2. The zero-order valence-corrected chi connectivity index (χ0v) is 40.5. The van der Waals surface area contributed by atoms with Gasteiger partial charge in [-0.3, -0.25) is 9.59 Å². The molecule has 0 saturated heterocycles. The van der Waals surface area contributed by atoms with Gasteiger partial charge in [-0.05, 0) is 44.9 Å². The minimum atomic E-state index is -0.770. The number of hydrogen-bond acceptors (Lipinski definition) is 5. The zero-order chi connectivity index (χ0) is 43.5. The predicted molar refractivity (Wildman–Crippen MR) is 261 cm³/mol. The smallest absolute Gasteiger partial charge is 0.306 e. The molecule has 0 spiro atoms. The second kappa shape index (κ2) is 51.7. The molecule has 0 fully saturated rings. The molecule has 0 aromatic rings. The van der Waals surface area contributed by atoms with E-state index in [9.17, 15) is 14.7 Å². The van der Waals surface area contributed by atoms with Gasteiger partial charge < -0.3 is 14.6 Å². The molecule has 5 heteroatoms. The molecule has 60 heavy (non-hydrogen) atoms. The van der Waals surface area contributed by atoms with Crippen molar-refractivity contribution in [1.82, 2.24) is 0 Å². The summed E-state index contributed by atoms with van der Waals surface area (Å²) in [7, 11) is 0. The van der Waals surface area contributed by atoms with Gasteiger partial charge in [0.15, 0.2) is 6.10 Å². The molecule has 0 aliphatic heterocycles. The van der Waals surface area contributed by atoms with E-state index in [4.69, 9.17) is 9.47 Å². The minimum Gasteiger partial charge on any atom is -0.462 e. The van der Waals surface area contributed by atoms with E-state index in [0.717, 1.165) is 38.5 Å². The molecule has 1 N–H and O–H groups in total. The van der Waals surface area contributed by atoms with E-state index in [1.165, 1.54) is 231 Å². The highest BCUT2D eigenvalue weighted by Gasteiger charge is 2.16. The van der Waals surface area contributed by atoms with Crippen LogP contribution in [0.3, 0.4) is 0 Å². The van der Waals surface area contributed by atoms with Crippen LogP contribution in [0.2, 0.25) is 0 Å². The first-order valence-electron chi connectivity index (χ1n) is 26.9. The third-order valence-electron chi connectivity index (χ3n) is 12.2. The number of ether oxygens (including phenoxy) is 2. The molecule has 0 heterocycles. The monoisotopic (exact) mass is 845 g/mol. The van der Waals surface area contributed by atoms with Gasteiger partial charge in [0.2, 0.25) is 0 Å². The number of carbonyl (C=O) groups is 2. The largest absolute Gasteiger partial charge is 0.462 e. The van der Waals surface area contributed by atoms with Crippen molar-refractivity contribution in [3.05, 3.63) is 24.3 Å². The molecular formula is C55H104O5. The molecule has 0 radical (unpaired) electrons. The summed E-state index contributed by atoms with van der Waals surface area (Å²) < 4.78 is 10.7. The van der Waals surface area contributed by atoms with E-state index in [2.05, 4.69) is 38.2 Å². The van der Waals surface area contributed by atoms with Gasteiger partial charge in [-0.25, -0.2) is 0 Å². The number of carbonyl (C=O) groups excluding carboxylic acids is 2. The SMILES string of the molecule is CCCCC/C=C\C/C=C\CCCCCCCCCCCC(=O)OC(CO)COC(=O)CCCCCCCCCCCCCCCCCCCCCCCCCCCCC. The maximum Gasteiger partial charge on any atom is 0.306 e. The summed E-state index contributed by atoms with van der Waals surface area (Å²) in [6.07, 6.45) is 64.3. The summed E-state index contributed by atoms with van der Waals surface area (Å²) >= 11 is 0. The molecule has 0 aromatic carbocycles. The van der Waals surface area contributed by atoms with E-state index in [0.29, 0.717) is 12.8 Å². The first-order valence-corrected chi connectivity index (χ1v) is 26.9.